The summed E-state index contributed by atoms with van der Waals surface area (Å²) >= 11 is 7.73. The molecule has 4 heteroatoms. The van der Waals surface area contributed by atoms with Crippen LogP contribution in [0.2, 0.25) is 0 Å². The van der Waals surface area contributed by atoms with Gasteiger partial charge >= 0.3 is 0 Å². The first kappa shape index (κ1) is 14.3. The summed E-state index contributed by atoms with van der Waals surface area (Å²) in [7, 11) is 0. The lowest BCUT2D eigenvalue weighted by atomic mass is 9.99. The van der Waals surface area contributed by atoms with Crippen LogP contribution in [0.25, 0.3) is 0 Å². The SMILES string of the molecule is O=C(C1CSc2ccccc21)N(CCCl)C1CCCC1. The third-order valence-corrected chi connectivity index (χ3v) is 5.72. The standard InChI is InChI=1S/C16H20ClNOS/c17-9-10-18(12-5-1-2-6-12)16(19)14-11-20-15-8-4-3-7-13(14)15/h3-4,7-8,12,14H,1-2,5-6,9-11H2. The summed E-state index contributed by atoms with van der Waals surface area (Å²) in [6, 6.07) is 8.72. The first-order valence-electron chi connectivity index (χ1n) is 7.39. The second-order valence-electron chi connectivity index (χ2n) is 5.56. The number of halogens is 1. The Morgan fingerprint density at radius 3 is 2.80 bits per heavy atom. The molecular weight excluding hydrogens is 290 g/mol. The largest absolute Gasteiger partial charge is 0.338 e. The van der Waals surface area contributed by atoms with Gasteiger partial charge in [-0.2, -0.15) is 0 Å². The number of carbonyl (C=O) groups is 1. The molecule has 1 aromatic rings. The summed E-state index contributed by atoms with van der Waals surface area (Å²) in [5.74, 6) is 1.72. The van der Waals surface area contributed by atoms with Gasteiger partial charge in [-0.3, -0.25) is 4.79 Å². The molecule has 108 valence electrons. The van der Waals surface area contributed by atoms with Crippen molar-refractivity contribution in [1.29, 1.82) is 0 Å². The molecule has 1 saturated carbocycles. The molecule has 0 bridgehead atoms. The number of hydrogen-bond acceptors (Lipinski definition) is 2. The second-order valence-corrected chi connectivity index (χ2v) is 7.00. The maximum Gasteiger partial charge on any atom is 0.231 e. The molecule has 1 aliphatic heterocycles. The van der Waals surface area contributed by atoms with E-state index in [4.69, 9.17) is 11.6 Å². The summed E-state index contributed by atoms with van der Waals surface area (Å²) in [6.45, 7) is 0.689. The second kappa shape index (κ2) is 6.40. The van der Waals surface area contributed by atoms with Crippen molar-refractivity contribution in [3.05, 3.63) is 29.8 Å². The van der Waals surface area contributed by atoms with Gasteiger partial charge in [-0.15, -0.1) is 23.4 Å². The highest BCUT2D eigenvalue weighted by atomic mass is 35.5. The first-order valence-corrected chi connectivity index (χ1v) is 8.91. The fraction of sp³-hybridized carbons (Fsp3) is 0.562. The lowest BCUT2D eigenvalue weighted by Crippen LogP contribution is -2.43. The van der Waals surface area contributed by atoms with Crippen LogP contribution in [0, 0.1) is 0 Å². The van der Waals surface area contributed by atoms with Gasteiger partial charge in [0.2, 0.25) is 5.91 Å². The van der Waals surface area contributed by atoms with Crippen molar-refractivity contribution in [2.24, 2.45) is 0 Å². The third-order valence-electron chi connectivity index (χ3n) is 4.37. The average molecular weight is 310 g/mol. The molecule has 1 aliphatic carbocycles. The Kier molecular flexibility index (Phi) is 4.57. The monoisotopic (exact) mass is 309 g/mol. The summed E-state index contributed by atoms with van der Waals surface area (Å²) in [5, 5.41) is 0. The number of nitrogens with zero attached hydrogens (tertiary/aromatic N) is 1. The Labute approximate surface area is 129 Å². The van der Waals surface area contributed by atoms with Gasteiger partial charge in [0.1, 0.15) is 0 Å². The molecule has 1 aromatic carbocycles. The zero-order valence-electron chi connectivity index (χ0n) is 11.6. The van der Waals surface area contributed by atoms with Crippen molar-refractivity contribution in [1.82, 2.24) is 4.90 Å². The number of carbonyl (C=O) groups excluding carboxylic acids is 1. The van der Waals surface area contributed by atoms with Crippen molar-refractivity contribution in [2.45, 2.75) is 42.5 Å². The van der Waals surface area contributed by atoms with E-state index in [-0.39, 0.29) is 11.8 Å². The molecule has 2 aliphatic rings. The topological polar surface area (TPSA) is 20.3 Å². The first-order chi connectivity index (χ1) is 9.81. The van der Waals surface area contributed by atoms with Crippen LogP contribution < -0.4 is 0 Å². The predicted octanol–water partition coefficient (Wildman–Crippen LogP) is 3.89. The Balaban J connectivity index is 1.80. The van der Waals surface area contributed by atoms with E-state index in [1.54, 1.807) is 11.8 Å². The number of hydrogen-bond donors (Lipinski definition) is 0. The number of thioether (sulfide) groups is 1. The molecule has 20 heavy (non-hydrogen) atoms. The lowest BCUT2D eigenvalue weighted by Gasteiger charge is -2.31. The average Bonchev–Trinajstić information content (AvgIpc) is 3.13. The third kappa shape index (κ3) is 2.71. The number of alkyl halides is 1. The Bertz CT molecular complexity index is 487. The van der Waals surface area contributed by atoms with Crippen LogP contribution >= 0.6 is 23.4 Å². The van der Waals surface area contributed by atoms with Crippen molar-refractivity contribution in [2.75, 3.05) is 18.2 Å². The van der Waals surface area contributed by atoms with E-state index in [9.17, 15) is 4.79 Å². The van der Waals surface area contributed by atoms with Crippen molar-refractivity contribution >= 4 is 29.3 Å². The molecule has 0 spiro atoms. The number of amides is 1. The van der Waals surface area contributed by atoms with Crippen LogP contribution in [0.5, 0.6) is 0 Å². The maximum absolute atomic E-state index is 12.9. The highest BCUT2D eigenvalue weighted by molar-refractivity contribution is 7.99. The summed E-state index contributed by atoms with van der Waals surface area (Å²) in [4.78, 5) is 16.3. The van der Waals surface area contributed by atoms with E-state index in [0.29, 0.717) is 18.5 Å². The molecule has 1 atom stereocenters. The fourth-order valence-electron chi connectivity index (χ4n) is 3.35. The minimum absolute atomic E-state index is 0.0278. The molecule has 0 N–H and O–H groups in total. The molecule has 3 rings (SSSR count). The number of rotatable bonds is 4. The van der Waals surface area contributed by atoms with Gasteiger partial charge in [0, 0.05) is 29.1 Å². The van der Waals surface area contributed by atoms with Gasteiger partial charge in [-0.1, -0.05) is 31.0 Å². The molecule has 2 nitrogen and oxygen atoms in total. The lowest BCUT2D eigenvalue weighted by molar-refractivity contribution is -0.134. The van der Waals surface area contributed by atoms with E-state index in [0.717, 1.165) is 18.6 Å². The van der Waals surface area contributed by atoms with Crippen molar-refractivity contribution < 1.29 is 4.79 Å². The molecule has 1 amide bonds. The van der Waals surface area contributed by atoms with Gasteiger partial charge in [-0.05, 0) is 24.5 Å². The minimum atomic E-state index is 0.0278. The molecule has 1 heterocycles. The molecule has 0 aromatic heterocycles. The Hall–Kier alpha value is -0.670. The van der Waals surface area contributed by atoms with E-state index >= 15 is 0 Å². The van der Waals surface area contributed by atoms with E-state index in [1.165, 1.54) is 23.3 Å². The van der Waals surface area contributed by atoms with Gasteiger partial charge in [0.05, 0.1) is 5.92 Å². The Morgan fingerprint density at radius 1 is 1.30 bits per heavy atom. The summed E-state index contributed by atoms with van der Waals surface area (Å²) in [6.07, 6.45) is 4.77. The smallest absolute Gasteiger partial charge is 0.231 e. The quantitative estimate of drug-likeness (QED) is 0.787. The zero-order chi connectivity index (χ0) is 13.9. The van der Waals surface area contributed by atoms with Crippen LogP contribution in [-0.2, 0) is 4.79 Å². The number of benzene rings is 1. The molecular formula is C16H20ClNOS. The Morgan fingerprint density at radius 2 is 2.05 bits per heavy atom. The van der Waals surface area contributed by atoms with E-state index < -0.39 is 0 Å². The van der Waals surface area contributed by atoms with Gasteiger partial charge in [-0.25, -0.2) is 0 Å². The van der Waals surface area contributed by atoms with E-state index in [2.05, 4.69) is 17.0 Å². The molecule has 1 unspecified atom stereocenters. The summed E-state index contributed by atoms with van der Waals surface area (Å²) < 4.78 is 0. The van der Waals surface area contributed by atoms with E-state index in [1.807, 2.05) is 12.1 Å². The van der Waals surface area contributed by atoms with Crippen molar-refractivity contribution in [3.63, 3.8) is 0 Å². The molecule has 1 fully saturated rings. The molecule has 0 radical (unpaired) electrons. The van der Waals surface area contributed by atoms with Gasteiger partial charge < -0.3 is 4.90 Å². The van der Waals surface area contributed by atoms with Crippen LogP contribution in [0.3, 0.4) is 0 Å². The minimum Gasteiger partial charge on any atom is -0.338 e. The highest BCUT2D eigenvalue weighted by Crippen LogP contribution is 2.41. The summed E-state index contributed by atoms with van der Waals surface area (Å²) in [5.41, 5.74) is 1.21. The zero-order valence-corrected chi connectivity index (χ0v) is 13.1. The van der Waals surface area contributed by atoms with Crippen molar-refractivity contribution in [3.8, 4) is 0 Å². The van der Waals surface area contributed by atoms with Crippen LogP contribution in [0.4, 0.5) is 0 Å². The van der Waals surface area contributed by atoms with Crippen LogP contribution in [-0.4, -0.2) is 35.0 Å². The highest BCUT2D eigenvalue weighted by Gasteiger charge is 2.35. The normalized spacial score (nSPS) is 21.9. The van der Waals surface area contributed by atoms with Gasteiger partial charge in [0.25, 0.3) is 0 Å². The molecule has 0 saturated heterocycles. The van der Waals surface area contributed by atoms with Crippen LogP contribution in [0.15, 0.2) is 29.2 Å². The number of fused-ring (bicyclic) bond motifs is 1. The van der Waals surface area contributed by atoms with Crippen LogP contribution in [0.1, 0.15) is 37.2 Å². The van der Waals surface area contributed by atoms with Gasteiger partial charge in [0.15, 0.2) is 0 Å². The fourth-order valence-corrected chi connectivity index (χ4v) is 4.75. The predicted molar refractivity (Wildman–Crippen MR) is 84.6 cm³/mol. The maximum atomic E-state index is 12.9.